The molecule has 8 nitrogen and oxygen atoms in total. The highest BCUT2D eigenvalue weighted by Crippen LogP contribution is 2.33. The summed E-state index contributed by atoms with van der Waals surface area (Å²) in [6, 6.07) is 12.5. The molecule has 0 bridgehead atoms. The Kier molecular flexibility index (Phi) is 10.8. The molecule has 0 saturated heterocycles. The van der Waals surface area contributed by atoms with Gasteiger partial charge in [-0.05, 0) is 62.0 Å². The predicted molar refractivity (Wildman–Crippen MR) is 163 cm³/mol. The topological polar surface area (TPSA) is 102 Å². The lowest BCUT2D eigenvalue weighted by Gasteiger charge is -2.17. The average Bonchev–Trinajstić information content (AvgIpc) is 3.35. The fraction of sp³-hybridized carbons (Fsp3) is 0.276. The lowest BCUT2D eigenvalue weighted by atomic mass is 10.1. The molecule has 0 spiro atoms. The van der Waals surface area contributed by atoms with Crippen LogP contribution in [0, 0.1) is 6.92 Å². The van der Waals surface area contributed by atoms with Crippen molar-refractivity contribution in [2.45, 2.75) is 26.9 Å². The summed E-state index contributed by atoms with van der Waals surface area (Å²) in [4.78, 5) is 36.3. The largest absolute Gasteiger partial charge is 0.417 e. The summed E-state index contributed by atoms with van der Waals surface area (Å²) < 4.78 is 40.6. The zero-order chi connectivity index (χ0) is 29.7. The van der Waals surface area contributed by atoms with Gasteiger partial charge in [-0.1, -0.05) is 43.6 Å². The summed E-state index contributed by atoms with van der Waals surface area (Å²) in [5, 5.41) is 9.00. The Hall–Kier alpha value is -3.80. The standard InChI is InChI=1S/C29H30ClF3N6O2.ClH/c1-4-39(5-2)14-13-34-28-37-24-16-18(35-26(40)19-9-6-7-10-21(19)29(31,32)33)15-20(25(24)38-28)27(41)36-23-12-8-11-22(30)17(23)3;/h6-12,15-16H,4-5,13-14H2,1-3H3,(H,35,40)(H,36,41)(H2,34,37,38);1H. The highest BCUT2D eigenvalue weighted by atomic mass is 35.5. The van der Waals surface area contributed by atoms with Crippen molar-refractivity contribution in [3.8, 4) is 0 Å². The summed E-state index contributed by atoms with van der Waals surface area (Å²) in [5.74, 6) is -1.09. The molecule has 224 valence electrons. The van der Waals surface area contributed by atoms with Crippen LogP contribution in [0.5, 0.6) is 0 Å². The van der Waals surface area contributed by atoms with Gasteiger partial charge in [0.1, 0.15) is 5.52 Å². The molecule has 0 aliphatic heterocycles. The second-order valence-electron chi connectivity index (χ2n) is 9.32. The van der Waals surface area contributed by atoms with Gasteiger partial charge in [0.25, 0.3) is 11.8 Å². The lowest BCUT2D eigenvalue weighted by Crippen LogP contribution is -2.28. The van der Waals surface area contributed by atoms with E-state index in [0.29, 0.717) is 39.8 Å². The maximum Gasteiger partial charge on any atom is 0.417 e. The van der Waals surface area contributed by atoms with Gasteiger partial charge in [-0.15, -0.1) is 12.4 Å². The number of aromatic amines is 1. The van der Waals surface area contributed by atoms with Crippen molar-refractivity contribution in [3.05, 3.63) is 81.9 Å². The number of anilines is 3. The van der Waals surface area contributed by atoms with Gasteiger partial charge in [-0.25, -0.2) is 4.98 Å². The molecule has 0 radical (unpaired) electrons. The average molecular weight is 624 g/mol. The van der Waals surface area contributed by atoms with Crippen molar-refractivity contribution >= 4 is 64.2 Å². The number of imidazole rings is 1. The Morgan fingerprint density at radius 2 is 1.67 bits per heavy atom. The van der Waals surface area contributed by atoms with E-state index in [1.165, 1.54) is 24.3 Å². The van der Waals surface area contributed by atoms with Crippen LogP contribution in [0.3, 0.4) is 0 Å². The van der Waals surface area contributed by atoms with E-state index in [0.717, 1.165) is 31.8 Å². The molecule has 13 heteroatoms. The SMILES string of the molecule is CCN(CC)CCNc1nc2c(C(=O)Nc3cccc(Cl)c3C)cc(NC(=O)c3ccccc3C(F)(F)F)cc2[nH]1.Cl. The van der Waals surface area contributed by atoms with E-state index >= 15 is 0 Å². The van der Waals surface area contributed by atoms with E-state index < -0.39 is 29.1 Å². The van der Waals surface area contributed by atoms with Crippen molar-refractivity contribution in [2.24, 2.45) is 0 Å². The highest BCUT2D eigenvalue weighted by molar-refractivity contribution is 6.31. The molecule has 0 atom stereocenters. The molecule has 0 saturated carbocycles. The number of benzene rings is 3. The number of amides is 2. The fourth-order valence-corrected chi connectivity index (χ4v) is 4.55. The number of nitrogens with zero attached hydrogens (tertiary/aromatic N) is 2. The van der Waals surface area contributed by atoms with Gasteiger partial charge >= 0.3 is 6.18 Å². The van der Waals surface area contributed by atoms with Crippen molar-refractivity contribution < 1.29 is 22.8 Å². The van der Waals surface area contributed by atoms with E-state index in [9.17, 15) is 22.8 Å². The maximum absolute atomic E-state index is 13.5. The maximum atomic E-state index is 13.5. The van der Waals surface area contributed by atoms with Gasteiger partial charge < -0.3 is 25.8 Å². The van der Waals surface area contributed by atoms with Gasteiger partial charge in [-0.2, -0.15) is 13.2 Å². The minimum Gasteiger partial charge on any atom is -0.355 e. The number of aromatic nitrogens is 2. The van der Waals surface area contributed by atoms with Crippen molar-refractivity contribution in [1.82, 2.24) is 14.9 Å². The zero-order valence-electron chi connectivity index (χ0n) is 23.2. The van der Waals surface area contributed by atoms with E-state index in [-0.39, 0.29) is 23.7 Å². The van der Waals surface area contributed by atoms with Crippen LogP contribution < -0.4 is 16.0 Å². The van der Waals surface area contributed by atoms with Crippen molar-refractivity contribution in [2.75, 3.05) is 42.1 Å². The van der Waals surface area contributed by atoms with Crippen LogP contribution in [0.1, 0.15) is 45.7 Å². The van der Waals surface area contributed by atoms with E-state index in [2.05, 4.69) is 44.7 Å². The van der Waals surface area contributed by atoms with Crippen LogP contribution in [0.2, 0.25) is 5.02 Å². The van der Waals surface area contributed by atoms with Gasteiger partial charge in [0.2, 0.25) is 5.95 Å². The molecule has 1 aromatic heterocycles. The second-order valence-corrected chi connectivity index (χ2v) is 9.73. The first-order valence-corrected chi connectivity index (χ1v) is 13.4. The molecule has 0 aliphatic rings. The molecule has 42 heavy (non-hydrogen) atoms. The molecule has 2 amide bonds. The number of fused-ring (bicyclic) bond motifs is 1. The number of hydrogen-bond donors (Lipinski definition) is 4. The van der Waals surface area contributed by atoms with Gasteiger partial charge in [-0.3, -0.25) is 9.59 Å². The van der Waals surface area contributed by atoms with Crippen LogP contribution in [0.15, 0.2) is 54.6 Å². The molecule has 1 heterocycles. The molecule has 4 rings (SSSR count). The van der Waals surface area contributed by atoms with Gasteiger partial charge in [0.15, 0.2) is 0 Å². The van der Waals surface area contributed by atoms with Crippen LogP contribution in [0.4, 0.5) is 30.5 Å². The van der Waals surface area contributed by atoms with Crippen LogP contribution >= 0.6 is 24.0 Å². The molecule has 4 aromatic rings. The lowest BCUT2D eigenvalue weighted by molar-refractivity contribution is -0.137. The smallest absolute Gasteiger partial charge is 0.355 e. The Bertz CT molecular complexity index is 1570. The summed E-state index contributed by atoms with van der Waals surface area (Å²) >= 11 is 6.21. The molecule has 0 aliphatic carbocycles. The quantitative estimate of drug-likeness (QED) is 0.149. The number of hydrogen-bond acceptors (Lipinski definition) is 5. The number of alkyl halides is 3. The van der Waals surface area contributed by atoms with Crippen molar-refractivity contribution in [3.63, 3.8) is 0 Å². The first-order valence-electron chi connectivity index (χ1n) is 13.1. The molecule has 0 unspecified atom stereocenters. The Morgan fingerprint density at radius 3 is 2.36 bits per heavy atom. The molecule has 4 N–H and O–H groups in total. The molecular weight excluding hydrogens is 592 g/mol. The van der Waals surface area contributed by atoms with Crippen LogP contribution in [0.25, 0.3) is 11.0 Å². The van der Waals surface area contributed by atoms with E-state index in [4.69, 9.17) is 11.6 Å². The summed E-state index contributed by atoms with van der Waals surface area (Å²) in [6.07, 6.45) is -4.72. The number of carbonyl (C=O) groups is 2. The minimum atomic E-state index is -4.72. The third kappa shape index (κ3) is 7.53. The number of rotatable bonds is 10. The fourth-order valence-electron chi connectivity index (χ4n) is 4.38. The number of halogens is 5. The van der Waals surface area contributed by atoms with Crippen molar-refractivity contribution in [1.29, 1.82) is 0 Å². The van der Waals surface area contributed by atoms with Gasteiger partial charge in [0, 0.05) is 29.5 Å². The number of nitrogens with one attached hydrogen (secondary N) is 4. The van der Waals surface area contributed by atoms with Crippen LogP contribution in [-0.2, 0) is 6.18 Å². The van der Waals surface area contributed by atoms with Crippen LogP contribution in [-0.4, -0.2) is 52.9 Å². The summed E-state index contributed by atoms with van der Waals surface area (Å²) in [7, 11) is 0. The monoisotopic (exact) mass is 622 g/mol. The number of likely N-dealkylation sites (N-methyl/N-ethyl adjacent to an activating group) is 1. The third-order valence-corrected chi connectivity index (χ3v) is 7.11. The summed E-state index contributed by atoms with van der Waals surface area (Å²) in [6.45, 7) is 9.04. The zero-order valence-corrected chi connectivity index (χ0v) is 24.7. The van der Waals surface area contributed by atoms with Gasteiger partial charge in [0.05, 0.1) is 22.2 Å². The van der Waals surface area contributed by atoms with E-state index in [1.54, 1.807) is 25.1 Å². The minimum absolute atomic E-state index is 0. The Balaban J connectivity index is 0.00000484. The molecule has 0 fully saturated rings. The number of H-pyrrole nitrogens is 1. The summed E-state index contributed by atoms with van der Waals surface area (Å²) in [5.41, 5.74) is 0.495. The highest BCUT2D eigenvalue weighted by Gasteiger charge is 2.35. The predicted octanol–water partition coefficient (Wildman–Crippen LogP) is 7.22. The van der Waals surface area contributed by atoms with E-state index in [1.807, 2.05) is 0 Å². The Labute approximate surface area is 252 Å². The molecule has 3 aromatic carbocycles. The number of carbonyl (C=O) groups excluding carboxylic acids is 2. The first kappa shape index (κ1) is 32.7. The molecular formula is C29H31Cl2F3N6O2. The second kappa shape index (κ2) is 13.9. The first-order chi connectivity index (χ1) is 19.5. The Morgan fingerprint density at radius 1 is 0.976 bits per heavy atom. The third-order valence-electron chi connectivity index (χ3n) is 6.70. The normalized spacial score (nSPS) is 11.3.